The van der Waals surface area contributed by atoms with Gasteiger partial charge in [0.2, 0.25) is 5.91 Å². The minimum absolute atomic E-state index is 0.262. The number of ether oxygens (including phenoxy) is 2. The molecule has 0 spiro atoms. The van der Waals surface area contributed by atoms with Crippen molar-refractivity contribution in [3.8, 4) is 0 Å². The molecule has 0 saturated carbocycles. The molecule has 2 N–H and O–H groups in total. The summed E-state index contributed by atoms with van der Waals surface area (Å²) < 4.78 is 10.6. The molecule has 1 rings (SSSR count). The molecule has 0 aromatic carbocycles. The van der Waals surface area contributed by atoms with Crippen molar-refractivity contribution in [2.75, 3.05) is 19.8 Å². The average molecular weight is 173 g/mol. The summed E-state index contributed by atoms with van der Waals surface area (Å²) in [5.41, 5.74) is 4.96. The lowest BCUT2D eigenvalue weighted by molar-refractivity contribution is -0.120. The van der Waals surface area contributed by atoms with Crippen LogP contribution in [0.15, 0.2) is 0 Å². The summed E-state index contributed by atoms with van der Waals surface area (Å²) in [4.78, 5) is 10.4. The molecule has 70 valence electrons. The highest BCUT2D eigenvalue weighted by molar-refractivity contribution is 5.73. The molecular weight excluding hydrogens is 158 g/mol. The molecule has 0 radical (unpaired) electrons. The molecule has 1 saturated heterocycles. The fourth-order valence-corrected chi connectivity index (χ4v) is 1.17. The Balaban J connectivity index is 2.01. The molecule has 1 aliphatic rings. The van der Waals surface area contributed by atoms with E-state index in [9.17, 15) is 4.79 Å². The minimum atomic E-state index is -0.304. The molecular formula is C8H15NO3. The predicted octanol–water partition coefficient (Wildman–Crippen LogP) is 0.0574. The molecule has 0 unspecified atom stereocenters. The third-order valence-corrected chi connectivity index (χ3v) is 1.87. The Morgan fingerprint density at radius 3 is 2.75 bits per heavy atom. The second-order valence-electron chi connectivity index (χ2n) is 2.90. The fourth-order valence-electron chi connectivity index (χ4n) is 1.17. The Morgan fingerprint density at radius 2 is 2.17 bits per heavy atom. The third-order valence-electron chi connectivity index (χ3n) is 1.87. The van der Waals surface area contributed by atoms with E-state index in [4.69, 9.17) is 15.2 Å². The van der Waals surface area contributed by atoms with E-state index in [1.165, 1.54) is 0 Å². The van der Waals surface area contributed by atoms with Gasteiger partial charge in [0, 0.05) is 19.6 Å². The number of carbonyl (C=O) groups excluding carboxylic acids is 1. The number of hydrogen-bond acceptors (Lipinski definition) is 3. The van der Waals surface area contributed by atoms with Crippen molar-refractivity contribution in [2.24, 2.45) is 5.73 Å². The van der Waals surface area contributed by atoms with Gasteiger partial charge in [-0.05, 0) is 12.8 Å². The lowest BCUT2D eigenvalue weighted by atomic mass is 10.1. The Labute approximate surface area is 72.0 Å². The maximum atomic E-state index is 10.4. The van der Waals surface area contributed by atoms with Gasteiger partial charge in [0.15, 0.2) is 0 Å². The van der Waals surface area contributed by atoms with Gasteiger partial charge in [0.25, 0.3) is 0 Å². The van der Waals surface area contributed by atoms with E-state index in [2.05, 4.69) is 0 Å². The first-order valence-corrected chi connectivity index (χ1v) is 4.26. The van der Waals surface area contributed by atoms with Crippen molar-refractivity contribution in [2.45, 2.75) is 25.4 Å². The number of hydrogen-bond donors (Lipinski definition) is 1. The first-order valence-electron chi connectivity index (χ1n) is 4.26. The molecule has 4 heteroatoms. The zero-order valence-electron chi connectivity index (χ0n) is 7.12. The van der Waals surface area contributed by atoms with E-state index in [1.54, 1.807) is 0 Å². The van der Waals surface area contributed by atoms with Crippen molar-refractivity contribution in [3.05, 3.63) is 0 Å². The van der Waals surface area contributed by atoms with Crippen LogP contribution in [-0.4, -0.2) is 31.8 Å². The highest BCUT2D eigenvalue weighted by atomic mass is 16.5. The predicted molar refractivity (Wildman–Crippen MR) is 43.6 cm³/mol. The van der Waals surface area contributed by atoms with Crippen LogP contribution in [-0.2, 0) is 14.3 Å². The lowest BCUT2D eigenvalue weighted by Crippen LogP contribution is -2.25. The Kier molecular flexibility index (Phi) is 4.04. The van der Waals surface area contributed by atoms with Crippen molar-refractivity contribution in [1.29, 1.82) is 0 Å². The molecule has 0 aromatic rings. The van der Waals surface area contributed by atoms with Crippen LogP contribution in [0.1, 0.15) is 19.3 Å². The summed E-state index contributed by atoms with van der Waals surface area (Å²) in [6, 6.07) is 0. The summed E-state index contributed by atoms with van der Waals surface area (Å²) in [6.07, 6.45) is 2.44. The summed E-state index contributed by atoms with van der Waals surface area (Å²) in [6.45, 7) is 1.97. The summed E-state index contributed by atoms with van der Waals surface area (Å²) >= 11 is 0. The number of amides is 1. The molecule has 0 aliphatic carbocycles. The van der Waals surface area contributed by atoms with Gasteiger partial charge >= 0.3 is 0 Å². The van der Waals surface area contributed by atoms with Crippen molar-refractivity contribution in [3.63, 3.8) is 0 Å². The molecule has 1 aliphatic heterocycles. The van der Waals surface area contributed by atoms with E-state index in [0.29, 0.717) is 13.0 Å². The highest BCUT2D eigenvalue weighted by Crippen LogP contribution is 2.10. The largest absolute Gasteiger partial charge is 0.381 e. The van der Waals surface area contributed by atoms with Gasteiger partial charge in [-0.1, -0.05) is 0 Å². The Morgan fingerprint density at radius 1 is 1.50 bits per heavy atom. The third kappa shape index (κ3) is 3.69. The molecule has 1 amide bonds. The van der Waals surface area contributed by atoms with Gasteiger partial charge in [0.1, 0.15) is 0 Å². The van der Waals surface area contributed by atoms with Crippen molar-refractivity contribution in [1.82, 2.24) is 0 Å². The van der Waals surface area contributed by atoms with Crippen molar-refractivity contribution >= 4 is 5.91 Å². The summed E-state index contributed by atoms with van der Waals surface area (Å²) in [5, 5.41) is 0. The number of nitrogens with two attached hydrogens (primary N) is 1. The normalized spacial score (nSPS) is 19.3. The smallest absolute Gasteiger partial charge is 0.219 e. The van der Waals surface area contributed by atoms with Crippen LogP contribution in [0.5, 0.6) is 0 Å². The SMILES string of the molecule is NC(=O)CCOC1CCOCC1. The van der Waals surface area contributed by atoms with Crippen LogP contribution >= 0.6 is 0 Å². The maximum Gasteiger partial charge on any atom is 0.219 e. The van der Waals surface area contributed by atoms with E-state index in [-0.39, 0.29) is 12.0 Å². The van der Waals surface area contributed by atoms with Crippen LogP contribution < -0.4 is 5.73 Å². The number of primary amides is 1. The first kappa shape index (κ1) is 9.48. The van der Waals surface area contributed by atoms with Gasteiger partial charge < -0.3 is 15.2 Å². The Hall–Kier alpha value is -0.610. The highest BCUT2D eigenvalue weighted by Gasteiger charge is 2.13. The summed E-state index contributed by atoms with van der Waals surface area (Å²) in [5.74, 6) is -0.304. The average Bonchev–Trinajstić information content (AvgIpc) is 2.05. The van der Waals surface area contributed by atoms with Gasteiger partial charge in [-0.25, -0.2) is 0 Å². The minimum Gasteiger partial charge on any atom is -0.381 e. The monoisotopic (exact) mass is 173 g/mol. The summed E-state index contributed by atoms with van der Waals surface area (Å²) in [7, 11) is 0. The zero-order valence-corrected chi connectivity index (χ0v) is 7.12. The lowest BCUT2D eigenvalue weighted by Gasteiger charge is -2.21. The molecule has 0 atom stereocenters. The van der Waals surface area contributed by atoms with E-state index >= 15 is 0 Å². The zero-order chi connectivity index (χ0) is 8.81. The van der Waals surface area contributed by atoms with E-state index in [0.717, 1.165) is 26.1 Å². The standard InChI is InChI=1S/C8H15NO3/c9-8(10)3-6-12-7-1-4-11-5-2-7/h7H,1-6H2,(H2,9,10). The van der Waals surface area contributed by atoms with Gasteiger partial charge in [-0.3, -0.25) is 4.79 Å². The molecule has 1 heterocycles. The molecule has 0 bridgehead atoms. The van der Waals surface area contributed by atoms with E-state index < -0.39 is 0 Å². The molecule has 0 aromatic heterocycles. The topological polar surface area (TPSA) is 61.6 Å². The van der Waals surface area contributed by atoms with Crippen LogP contribution in [0.2, 0.25) is 0 Å². The number of carbonyl (C=O) groups is 1. The quantitative estimate of drug-likeness (QED) is 0.653. The first-order chi connectivity index (χ1) is 5.79. The maximum absolute atomic E-state index is 10.4. The molecule has 4 nitrogen and oxygen atoms in total. The number of rotatable bonds is 4. The van der Waals surface area contributed by atoms with Crippen LogP contribution in [0, 0.1) is 0 Å². The van der Waals surface area contributed by atoms with Gasteiger partial charge in [0.05, 0.1) is 12.7 Å². The Bertz CT molecular complexity index is 143. The van der Waals surface area contributed by atoms with Crippen LogP contribution in [0.25, 0.3) is 0 Å². The fraction of sp³-hybridized carbons (Fsp3) is 0.875. The van der Waals surface area contributed by atoms with Gasteiger partial charge in [-0.2, -0.15) is 0 Å². The van der Waals surface area contributed by atoms with Crippen LogP contribution in [0.3, 0.4) is 0 Å². The molecule has 1 fully saturated rings. The molecule has 12 heavy (non-hydrogen) atoms. The van der Waals surface area contributed by atoms with Crippen molar-refractivity contribution < 1.29 is 14.3 Å². The second kappa shape index (κ2) is 5.11. The van der Waals surface area contributed by atoms with Gasteiger partial charge in [-0.15, -0.1) is 0 Å². The van der Waals surface area contributed by atoms with Crippen LogP contribution in [0.4, 0.5) is 0 Å². The van der Waals surface area contributed by atoms with E-state index in [1.807, 2.05) is 0 Å². The second-order valence-corrected chi connectivity index (χ2v) is 2.90.